The van der Waals surface area contributed by atoms with E-state index in [1.807, 2.05) is 18.2 Å². The van der Waals surface area contributed by atoms with Crippen LogP contribution in [0.3, 0.4) is 0 Å². The van der Waals surface area contributed by atoms with Gasteiger partial charge in [0.05, 0.1) is 12.7 Å². The van der Waals surface area contributed by atoms with Crippen molar-refractivity contribution in [3.05, 3.63) is 65.8 Å². The van der Waals surface area contributed by atoms with Crippen molar-refractivity contribution in [2.75, 3.05) is 0 Å². The van der Waals surface area contributed by atoms with E-state index < -0.39 is 0 Å². The Bertz CT molecular complexity index is 662. The number of hydrogen-bond donors (Lipinski definition) is 2. The Morgan fingerprint density at radius 2 is 2.05 bits per heavy atom. The van der Waals surface area contributed by atoms with Gasteiger partial charge in [-0.25, -0.2) is 4.98 Å². The fourth-order valence-electron chi connectivity index (χ4n) is 2.18. The second kappa shape index (κ2) is 6.32. The van der Waals surface area contributed by atoms with Crippen molar-refractivity contribution >= 4 is 0 Å². The second-order valence-electron chi connectivity index (χ2n) is 5.01. The number of rotatable bonds is 6. The van der Waals surface area contributed by atoms with Crippen LogP contribution < -0.4 is 5.73 Å². The molecule has 6 heteroatoms. The number of aromatic nitrogens is 4. The fraction of sp³-hybridized carbons (Fsp3) is 0.267. The molecular weight excluding hydrogens is 266 g/mol. The summed E-state index contributed by atoms with van der Waals surface area (Å²) in [6, 6.07) is 10.2. The van der Waals surface area contributed by atoms with Crippen molar-refractivity contribution in [2.45, 2.75) is 25.3 Å². The number of nitrogens with one attached hydrogen (secondary N) is 1. The molecular formula is C15H18N5O+. The normalized spacial score (nSPS) is 12.4. The second-order valence-corrected chi connectivity index (χ2v) is 5.01. The Kier molecular flexibility index (Phi) is 4.07. The van der Waals surface area contributed by atoms with Crippen molar-refractivity contribution in [3.8, 4) is 0 Å². The Labute approximate surface area is 122 Å². The van der Waals surface area contributed by atoms with E-state index >= 15 is 0 Å². The van der Waals surface area contributed by atoms with Crippen LogP contribution in [0.4, 0.5) is 0 Å². The molecule has 0 aliphatic carbocycles. The summed E-state index contributed by atoms with van der Waals surface area (Å²) in [5.74, 6) is 1.31. The smallest absolute Gasteiger partial charge is 0.285 e. The summed E-state index contributed by atoms with van der Waals surface area (Å²) in [5, 5.41) is 4.03. The molecule has 1 aromatic carbocycles. The lowest BCUT2D eigenvalue weighted by Gasteiger charge is -2.00. The SMILES string of the molecule is [NH3+][C@@H](Cc1cnc[nH]1)c1nc(CCc2ccccc2)no1. The van der Waals surface area contributed by atoms with Gasteiger partial charge in [0.2, 0.25) is 0 Å². The first kappa shape index (κ1) is 13.5. The summed E-state index contributed by atoms with van der Waals surface area (Å²) >= 11 is 0. The average molecular weight is 284 g/mol. The minimum absolute atomic E-state index is 0.0663. The lowest BCUT2D eigenvalue weighted by molar-refractivity contribution is -0.431. The van der Waals surface area contributed by atoms with Crippen LogP contribution in [0.25, 0.3) is 0 Å². The maximum Gasteiger partial charge on any atom is 0.285 e. The number of imidazole rings is 1. The van der Waals surface area contributed by atoms with E-state index in [1.54, 1.807) is 12.5 Å². The molecule has 0 aliphatic rings. The van der Waals surface area contributed by atoms with Gasteiger partial charge in [-0.2, -0.15) is 4.98 Å². The monoisotopic (exact) mass is 284 g/mol. The number of quaternary nitrogens is 1. The molecule has 0 saturated carbocycles. The van der Waals surface area contributed by atoms with Crippen molar-refractivity contribution in [2.24, 2.45) is 0 Å². The highest BCUT2D eigenvalue weighted by atomic mass is 16.5. The molecule has 0 spiro atoms. The lowest BCUT2D eigenvalue weighted by atomic mass is 10.1. The average Bonchev–Trinajstić information content (AvgIpc) is 3.17. The standard InChI is InChI=1S/C15H17N5O/c16-13(8-12-9-17-10-18-12)15-19-14(20-21-15)7-6-11-4-2-1-3-5-11/h1-5,9-10,13H,6-8,16H2,(H,17,18)/p+1/t13-/m0/s1. The molecule has 3 rings (SSSR count). The number of benzene rings is 1. The first-order chi connectivity index (χ1) is 10.3. The molecule has 4 N–H and O–H groups in total. The largest absolute Gasteiger partial charge is 0.348 e. The summed E-state index contributed by atoms with van der Waals surface area (Å²) in [7, 11) is 0. The number of hydrogen-bond acceptors (Lipinski definition) is 4. The zero-order valence-electron chi connectivity index (χ0n) is 11.7. The number of nitrogens with zero attached hydrogens (tertiary/aromatic N) is 3. The minimum atomic E-state index is -0.0663. The van der Waals surface area contributed by atoms with Crippen molar-refractivity contribution in [3.63, 3.8) is 0 Å². The van der Waals surface area contributed by atoms with Crippen LogP contribution >= 0.6 is 0 Å². The molecule has 0 amide bonds. The highest BCUT2D eigenvalue weighted by Gasteiger charge is 2.19. The molecule has 0 aliphatic heterocycles. The molecule has 1 atom stereocenters. The third kappa shape index (κ3) is 3.55. The highest BCUT2D eigenvalue weighted by Crippen LogP contribution is 2.12. The Hall–Kier alpha value is -2.47. The summed E-state index contributed by atoms with van der Waals surface area (Å²) in [6.45, 7) is 0. The molecule has 0 bridgehead atoms. The molecule has 0 saturated heterocycles. The van der Waals surface area contributed by atoms with E-state index in [4.69, 9.17) is 4.52 Å². The van der Waals surface area contributed by atoms with E-state index in [2.05, 4.69) is 38.0 Å². The molecule has 3 aromatic rings. The quantitative estimate of drug-likeness (QED) is 0.708. The van der Waals surface area contributed by atoms with Gasteiger partial charge in [-0.05, 0) is 12.0 Å². The van der Waals surface area contributed by atoms with Crippen molar-refractivity contribution < 1.29 is 10.3 Å². The molecule has 2 aromatic heterocycles. The first-order valence-corrected chi connectivity index (χ1v) is 6.98. The van der Waals surface area contributed by atoms with Gasteiger partial charge < -0.3 is 15.2 Å². The molecule has 0 fully saturated rings. The van der Waals surface area contributed by atoms with Gasteiger partial charge in [0.1, 0.15) is 0 Å². The fourth-order valence-corrected chi connectivity index (χ4v) is 2.18. The Balaban J connectivity index is 1.58. The third-order valence-corrected chi connectivity index (χ3v) is 3.33. The molecule has 0 unspecified atom stereocenters. The molecule has 6 nitrogen and oxygen atoms in total. The highest BCUT2D eigenvalue weighted by molar-refractivity contribution is 5.15. The van der Waals surface area contributed by atoms with E-state index in [1.165, 1.54) is 5.56 Å². The molecule has 108 valence electrons. The van der Waals surface area contributed by atoms with Crippen molar-refractivity contribution in [1.82, 2.24) is 20.1 Å². The predicted octanol–water partition coefficient (Wildman–Crippen LogP) is 1.10. The minimum Gasteiger partial charge on any atom is -0.348 e. The summed E-state index contributed by atoms with van der Waals surface area (Å²) in [5.41, 5.74) is 6.35. The van der Waals surface area contributed by atoms with Crippen LogP contribution in [0, 0.1) is 0 Å². The van der Waals surface area contributed by atoms with Gasteiger partial charge >= 0.3 is 0 Å². The van der Waals surface area contributed by atoms with E-state index in [0.29, 0.717) is 12.3 Å². The summed E-state index contributed by atoms with van der Waals surface area (Å²) < 4.78 is 5.31. The van der Waals surface area contributed by atoms with E-state index in [-0.39, 0.29) is 6.04 Å². The van der Waals surface area contributed by atoms with Crippen LogP contribution in [0.5, 0.6) is 0 Å². The van der Waals surface area contributed by atoms with Gasteiger partial charge in [-0.1, -0.05) is 35.5 Å². The van der Waals surface area contributed by atoms with Gasteiger partial charge in [0.25, 0.3) is 5.89 Å². The zero-order valence-corrected chi connectivity index (χ0v) is 11.7. The van der Waals surface area contributed by atoms with Crippen LogP contribution in [0.15, 0.2) is 47.4 Å². The summed E-state index contributed by atoms with van der Waals surface area (Å²) in [4.78, 5) is 11.5. The van der Waals surface area contributed by atoms with Crippen LogP contribution in [0.1, 0.15) is 29.0 Å². The van der Waals surface area contributed by atoms with Crippen molar-refractivity contribution in [1.29, 1.82) is 0 Å². The van der Waals surface area contributed by atoms with E-state index in [9.17, 15) is 0 Å². The number of aromatic amines is 1. The predicted molar refractivity (Wildman–Crippen MR) is 76.1 cm³/mol. The van der Waals surface area contributed by atoms with Gasteiger partial charge in [-0.15, -0.1) is 0 Å². The first-order valence-electron chi connectivity index (χ1n) is 6.98. The molecule has 21 heavy (non-hydrogen) atoms. The number of H-pyrrole nitrogens is 1. The van der Waals surface area contributed by atoms with Crippen LogP contribution in [-0.4, -0.2) is 20.1 Å². The van der Waals surface area contributed by atoms with Crippen LogP contribution in [0.2, 0.25) is 0 Å². The summed E-state index contributed by atoms with van der Waals surface area (Å²) in [6.07, 6.45) is 5.82. The van der Waals surface area contributed by atoms with Gasteiger partial charge in [0.15, 0.2) is 11.9 Å². The van der Waals surface area contributed by atoms with Gasteiger partial charge in [-0.3, -0.25) is 0 Å². The number of aryl methyl sites for hydroxylation is 2. The molecule has 2 heterocycles. The van der Waals surface area contributed by atoms with Crippen LogP contribution in [-0.2, 0) is 19.3 Å². The Morgan fingerprint density at radius 1 is 1.19 bits per heavy atom. The lowest BCUT2D eigenvalue weighted by Crippen LogP contribution is -2.54. The molecule has 0 radical (unpaired) electrons. The maximum absolute atomic E-state index is 5.31. The Morgan fingerprint density at radius 3 is 2.81 bits per heavy atom. The maximum atomic E-state index is 5.31. The topological polar surface area (TPSA) is 95.2 Å². The van der Waals surface area contributed by atoms with E-state index in [0.717, 1.165) is 24.4 Å². The van der Waals surface area contributed by atoms with Gasteiger partial charge in [0, 0.05) is 18.3 Å². The zero-order chi connectivity index (χ0) is 14.5. The third-order valence-electron chi connectivity index (χ3n) is 3.33.